The fourth-order valence-electron chi connectivity index (χ4n) is 3.08. The topological polar surface area (TPSA) is 60.9 Å². The molecule has 4 rings (SSSR count). The van der Waals surface area contributed by atoms with Crippen LogP contribution in [0.4, 0.5) is 4.39 Å². The Kier molecular flexibility index (Phi) is 4.77. The van der Waals surface area contributed by atoms with Crippen LogP contribution in [0, 0.1) is 19.7 Å². The summed E-state index contributed by atoms with van der Waals surface area (Å²) in [5.74, 6) is 0.923. The first-order chi connectivity index (χ1) is 13.4. The third-order valence-electron chi connectivity index (χ3n) is 4.81. The molecule has 0 saturated carbocycles. The van der Waals surface area contributed by atoms with Gasteiger partial charge in [-0.15, -0.1) is 10.2 Å². The highest BCUT2D eigenvalue weighted by Crippen LogP contribution is 2.29. The number of hydrogen-bond acceptors (Lipinski definition) is 5. The highest BCUT2D eigenvalue weighted by molar-refractivity contribution is 7.98. The van der Waals surface area contributed by atoms with E-state index >= 15 is 0 Å². The summed E-state index contributed by atoms with van der Waals surface area (Å²) in [5, 5.41) is 10.1. The van der Waals surface area contributed by atoms with Crippen molar-refractivity contribution in [2.24, 2.45) is 7.05 Å². The van der Waals surface area contributed by atoms with Gasteiger partial charge in [-0.25, -0.2) is 9.18 Å². The van der Waals surface area contributed by atoms with Crippen LogP contribution in [0.5, 0.6) is 0 Å². The Labute approximate surface area is 165 Å². The van der Waals surface area contributed by atoms with Crippen molar-refractivity contribution in [1.82, 2.24) is 14.8 Å². The Morgan fingerprint density at radius 1 is 1.11 bits per heavy atom. The van der Waals surface area contributed by atoms with Crippen molar-refractivity contribution in [3.8, 4) is 11.4 Å². The highest BCUT2D eigenvalue weighted by atomic mass is 32.2. The molecule has 0 radical (unpaired) electrons. The standard InChI is InChI=1S/C21H18FN3O2S/c1-12-4-9-17-15(10-18(26)27-19(17)13(12)2)11-28-21-24-23-20(25(21)3)14-5-7-16(22)8-6-14/h4-10H,11H2,1-3H3. The summed E-state index contributed by atoms with van der Waals surface area (Å²) in [6, 6.07) is 11.7. The predicted molar refractivity (Wildman–Crippen MR) is 108 cm³/mol. The molecule has 5 nitrogen and oxygen atoms in total. The Morgan fingerprint density at radius 2 is 1.86 bits per heavy atom. The summed E-state index contributed by atoms with van der Waals surface area (Å²) in [7, 11) is 1.87. The van der Waals surface area contributed by atoms with Crippen molar-refractivity contribution in [2.75, 3.05) is 0 Å². The molecule has 0 aliphatic rings. The molecule has 0 N–H and O–H groups in total. The molecule has 2 heterocycles. The molecule has 0 aliphatic heterocycles. The molecule has 0 fully saturated rings. The van der Waals surface area contributed by atoms with E-state index in [1.54, 1.807) is 12.1 Å². The van der Waals surface area contributed by atoms with Gasteiger partial charge in [0.15, 0.2) is 11.0 Å². The van der Waals surface area contributed by atoms with Gasteiger partial charge in [-0.2, -0.15) is 0 Å². The quantitative estimate of drug-likeness (QED) is 0.372. The van der Waals surface area contributed by atoms with Crippen molar-refractivity contribution < 1.29 is 8.81 Å². The second kappa shape index (κ2) is 7.24. The number of aromatic nitrogens is 3. The zero-order chi connectivity index (χ0) is 19.8. The molecule has 0 spiro atoms. The lowest BCUT2D eigenvalue weighted by Gasteiger charge is -2.09. The maximum atomic E-state index is 13.2. The lowest BCUT2D eigenvalue weighted by atomic mass is 10.0. The number of aryl methyl sites for hydroxylation is 2. The second-order valence-electron chi connectivity index (χ2n) is 6.64. The third kappa shape index (κ3) is 3.33. The molecular weight excluding hydrogens is 377 g/mol. The molecule has 142 valence electrons. The van der Waals surface area contributed by atoms with E-state index in [4.69, 9.17) is 4.42 Å². The lowest BCUT2D eigenvalue weighted by Crippen LogP contribution is -2.02. The van der Waals surface area contributed by atoms with Crippen LogP contribution in [0.1, 0.15) is 16.7 Å². The number of hydrogen-bond donors (Lipinski definition) is 0. The Balaban J connectivity index is 1.65. The van der Waals surface area contributed by atoms with Crippen LogP contribution in [0.25, 0.3) is 22.4 Å². The van der Waals surface area contributed by atoms with Crippen molar-refractivity contribution in [3.63, 3.8) is 0 Å². The van der Waals surface area contributed by atoms with E-state index in [2.05, 4.69) is 10.2 Å². The first kappa shape index (κ1) is 18.4. The van der Waals surface area contributed by atoms with Gasteiger partial charge in [0.2, 0.25) is 0 Å². The summed E-state index contributed by atoms with van der Waals surface area (Å²) in [5.41, 5.74) is 4.01. The van der Waals surface area contributed by atoms with Gasteiger partial charge in [-0.05, 0) is 54.8 Å². The van der Waals surface area contributed by atoms with E-state index in [0.717, 1.165) is 27.6 Å². The van der Waals surface area contributed by atoms with Gasteiger partial charge in [0.1, 0.15) is 11.4 Å². The van der Waals surface area contributed by atoms with Crippen molar-refractivity contribution in [3.05, 3.63) is 75.4 Å². The van der Waals surface area contributed by atoms with E-state index < -0.39 is 0 Å². The van der Waals surface area contributed by atoms with Gasteiger partial charge >= 0.3 is 5.63 Å². The molecule has 0 amide bonds. The van der Waals surface area contributed by atoms with Crippen LogP contribution in [0.15, 0.2) is 56.8 Å². The second-order valence-corrected chi connectivity index (χ2v) is 7.58. The van der Waals surface area contributed by atoms with Gasteiger partial charge in [0.25, 0.3) is 0 Å². The highest BCUT2D eigenvalue weighted by Gasteiger charge is 2.14. The van der Waals surface area contributed by atoms with Crippen LogP contribution in [0.3, 0.4) is 0 Å². The van der Waals surface area contributed by atoms with Gasteiger partial charge in [0.05, 0.1) is 0 Å². The molecule has 0 aliphatic carbocycles. The van der Waals surface area contributed by atoms with Gasteiger partial charge in [0, 0.05) is 29.8 Å². The minimum atomic E-state index is -0.359. The summed E-state index contributed by atoms with van der Waals surface area (Å²) in [6.45, 7) is 3.95. The Bertz CT molecular complexity index is 1230. The minimum Gasteiger partial charge on any atom is -0.422 e. The number of nitrogens with zero attached hydrogens (tertiary/aromatic N) is 3. The van der Waals surface area contributed by atoms with Crippen LogP contribution in [-0.2, 0) is 12.8 Å². The molecular formula is C21H18FN3O2S. The van der Waals surface area contributed by atoms with E-state index in [-0.39, 0.29) is 11.4 Å². The van der Waals surface area contributed by atoms with Crippen molar-refractivity contribution in [1.29, 1.82) is 0 Å². The maximum Gasteiger partial charge on any atom is 0.336 e. The Morgan fingerprint density at radius 3 is 2.61 bits per heavy atom. The van der Waals surface area contributed by atoms with E-state index in [1.807, 2.05) is 37.6 Å². The molecule has 0 unspecified atom stereocenters. The van der Waals surface area contributed by atoms with E-state index in [9.17, 15) is 9.18 Å². The Hall–Kier alpha value is -2.93. The fourth-order valence-corrected chi connectivity index (χ4v) is 3.98. The smallest absolute Gasteiger partial charge is 0.336 e. The van der Waals surface area contributed by atoms with Crippen LogP contribution >= 0.6 is 11.8 Å². The zero-order valence-electron chi connectivity index (χ0n) is 15.7. The molecule has 7 heteroatoms. The molecule has 2 aromatic carbocycles. The van der Waals surface area contributed by atoms with Crippen molar-refractivity contribution >= 4 is 22.7 Å². The van der Waals surface area contributed by atoms with Gasteiger partial charge in [-0.1, -0.05) is 23.9 Å². The first-order valence-electron chi connectivity index (χ1n) is 8.75. The third-order valence-corrected chi connectivity index (χ3v) is 5.88. The zero-order valence-corrected chi connectivity index (χ0v) is 16.5. The van der Waals surface area contributed by atoms with E-state index in [0.29, 0.717) is 22.3 Å². The average Bonchev–Trinajstić information content (AvgIpc) is 3.04. The molecule has 28 heavy (non-hydrogen) atoms. The summed E-state index contributed by atoms with van der Waals surface area (Å²) in [6.07, 6.45) is 0. The van der Waals surface area contributed by atoms with Crippen LogP contribution in [-0.4, -0.2) is 14.8 Å². The largest absolute Gasteiger partial charge is 0.422 e. The molecule has 2 aromatic heterocycles. The van der Waals surface area contributed by atoms with Crippen LogP contribution < -0.4 is 5.63 Å². The maximum absolute atomic E-state index is 13.2. The number of fused-ring (bicyclic) bond motifs is 1. The summed E-state index contributed by atoms with van der Waals surface area (Å²) < 4.78 is 20.4. The van der Waals surface area contributed by atoms with Gasteiger partial charge in [-0.3, -0.25) is 0 Å². The molecule has 4 aromatic rings. The average molecular weight is 395 g/mol. The normalized spacial score (nSPS) is 11.3. The number of thioether (sulfide) groups is 1. The minimum absolute atomic E-state index is 0.291. The predicted octanol–water partition coefficient (Wildman–Crippen LogP) is 4.64. The summed E-state index contributed by atoms with van der Waals surface area (Å²) >= 11 is 1.49. The fraction of sp³-hybridized carbons (Fsp3) is 0.190. The first-order valence-corrected chi connectivity index (χ1v) is 9.73. The number of rotatable bonds is 4. The van der Waals surface area contributed by atoms with E-state index in [1.165, 1.54) is 30.0 Å². The number of benzene rings is 2. The summed E-state index contributed by atoms with van der Waals surface area (Å²) in [4.78, 5) is 12.0. The molecule has 0 atom stereocenters. The monoisotopic (exact) mass is 395 g/mol. The lowest BCUT2D eigenvalue weighted by molar-refractivity contribution is 0.557. The molecule has 0 saturated heterocycles. The van der Waals surface area contributed by atoms with Gasteiger partial charge < -0.3 is 8.98 Å². The molecule has 0 bridgehead atoms. The van der Waals surface area contributed by atoms with Crippen molar-refractivity contribution in [2.45, 2.75) is 24.8 Å². The number of halogens is 1. The SMILES string of the molecule is Cc1ccc2c(CSc3nnc(-c4ccc(F)cc4)n3C)cc(=O)oc2c1C. The van der Waals surface area contributed by atoms with Crippen LogP contribution in [0.2, 0.25) is 0 Å².